The third kappa shape index (κ3) is 6.91. The minimum atomic E-state index is -0.641. The molecule has 0 aliphatic heterocycles. The lowest BCUT2D eigenvalue weighted by Gasteiger charge is -2.06. The smallest absolute Gasteiger partial charge is 0.344 e. The topological polar surface area (TPSA) is 71.1 Å². The quantitative estimate of drug-likeness (QED) is 0.297. The van der Waals surface area contributed by atoms with Gasteiger partial charge in [0.25, 0.3) is 0 Å². The Morgan fingerprint density at radius 2 is 0.824 bits per heavy atom. The second kappa shape index (κ2) is 12.0. The van der Waals surface area contributed by atoms with Gasteiger partial charge in [-0.1, -0.05) is 61.7 Å². The zero-order valence-electron chi connectivity index (χ0n) is 17.9. The highest BCUT2D eigenvalue weighted by Gasteiger charge is 2.02. The third-order valence-electron chi connectivity index (χ3n) is 4.32. The average Bonchev–Trinajstić information content (AvgIpc) is 2.89. The van der Waals surface area contributed by atoms with Crippen LogP contribution >= 0.6 is 0 Å². The molecule has 3 aromatic rings. The maximum Gasteiger partial charge on any atom is 0.344 e. The van der Waals surface area contributed by atoms with Gasteiger partial charge in [0.2, 0.25) is 0 Å². The van der Waals surface area contributed by atoms with E-state index in [0.29, 0.717) is 11.5 Å². The minimum absolute atomic E-state index is 0.522. The lowest BCUT2D eigenvalue weighted by molar-refractivity contribution is -0.132. The van der Waals surface area contributed by atoms with Crippen LogP contribution in [0.15, 0.2) is 98.1 Å². The largest absolute Gasteiger partial charge is 0.405 e. The van der Waals surface area contributed by atoms with Crippen LogP contribution in [0.1, 0.15) is 0 Å². The van der Waals surface area contributed by atoms with Gasteiger partial charge in [-0.3, -0.25) is 0 Å². The predicted molar refractivity (Wildman–Crippen MR) is 127 cm³/mol. The fourth-order valence-corrected chi connectivity index (χ4v) is 2.67. The molecule has 6 heteroatoms. The monoisotopic (exact) mass is 450 g/mol. The van der Waals surface area contributed by atoms with Crippen molar-refractivity contribution in [1.82, 2.24) is 0 Å². The molecule has 0 aromatic heterocycles. The molecule has 0 heterocycles. The summed E-state index contributed by atoms with van der Waals surface area (Å²) >= 11 is 0. The van der Waals surface area contributed by atoms with Crippen LogP contribution in [0.2, 0.25) is 0 Å². The first-order valence-corrected chi connectivity index (χ1v) is 9.90. The summed E-state index contributed by atoms with van der Waals surface area (Å²) in [5.41, 5.74) is 4.07. The number of carbonyl (C=O) groups is 2. The van der Waals surface area contributed by atoms with Crippen molar-refractivity contribution in [2.24, 2.45) is 0 Å². The first-order chi connectivity index (χ1) is 16.6. The number of hydrogen-bond donors (Lipinski definition) is 0. The minimum Gasteiger partial charge on any atom is -0.405 e. The van der Waals surface area contributed by atoms with Gasteiger partial charge in [-0.25, -0.2) is 9.59 Å². The molecule has 6 nitrogen and oxygen atoms in total. The zero-order valence-corrected chi connectivity index (χ0v) is 17.9. The zero-order chi connectivity index (χ0) is 24.2. The van der Waals surface area contributed by atoms with Crippen molar-refractivity contribution in [2.75, 3.05) is 0 Å². The van der Waals surface area contributed by atoms with E-state index < -0.39 is 11.9 Å². The van der Waals surface area contributed by atoms with E-state index in [-0.39, 0.29) is 0 Å². The molecule has 0 saturated carbocycles. The normalized spacial score (nSPS) is 9.18. The number of benzene rings is 3. The van der Waals surface area contributed by atoms with Crippen molar-refractivity contribution in [3.63, 3.8) is 0 Å². The van der Waals surface area contributed by atoms with Crippen molar-refractivity contribution in [3.05, 3.63) is 98.1 Å². The molecular weight excluding hydrogens is 432 g/mol. The highest BCUT2D eigenvalue weighted by Crippen LogP contribution is 2.27. The van der Waals surface area contributed by atoms with Crippen LogP contribution in [-0.4, -0.2) is 11.9 Å². The molecule has 34 heavy (non-hydrogen) atoms. The van der Waals surface area contributed by atoms with Gasteiger partial charge in [0.15, 0.2) is 24.4 Å². The molecular formula is C28H18O6. The van der Waals surface area contributed by atoms with E-state index in [9.17, 15) is 9.59 Å². The van der Waals surface area contributed by atoms with Crippen LogP contribution in [0.25, 0.3) is 22.3 Å². The summed E-state index contributed by atoms with van der Waals surface area (Å²) in [6.07, 6.45) is 10.9. The highest BCUT2D eigenvalue weighted by molar-refractivity contribution is 5.82. The molecule has 0 amide bonds. The summed E-state index contributed by atoms with van der Waals surface area (Å²) in [5, 5.41) is 0. The van der Waals surface area contributed by atoms with Crippen LogP contribution in [0, 0.1) is 24.4 Å². The Morgan fingerprint density at radius 3 is 1.12 bits per heavy atom. The van der Waals surface area contributed by atoms with Gasteiger partial charge in [-0.15, -0.1) is 0 Å². The summed E-state index contributed by atoms with van der Waals surface area (Å²) in [4.78, 5) is 21.8. The average molecular weight is 450 g/mol. The Hall–Kier alpha value is -5.20. The first kappa shape index (κ1) is 23.5. The van der Waals surface area contributed by atoms with Crippen LogP contribution in [-0.2, 0) is 19.1 Å². The van der Waals surface area contributed by atoms with E-state index in [1.165, 1.54) is 0 Å². The molecule has 0 aliphatic carbocycles. The first-order valence-electron chi connectivity index (χ1n) is 9.90. The molecule has 0 radical (unpaired) electrons. The second-order valence-electron chi connectivity index (χ2n) is 6.49. The fraction of sp³-hybridized carbons (Fsp3) is 0. The summed E-state index contributed by atoms with van der Waals surface area (Å²) in [5.74, 6) is -0.240. The Labute approximate surface area is 197 Å². The fourth-order valence-electron chi connectivity index (χ4n) is 2.67. The van der Waals surface area contributed by atoms with Gasteiger partial charge < -0.3 is 18.9 Å². The lowest BCUT2D eigenvalue weighted by atomic mass is 10.0. The standard InChI is InChI=1S/C28H18O6/c1-3-27(29)33-19-17-31-25-13-9-23(10-14-25)21-5-7-22(8-6-21)24-11-15-26(16-12-24)32-18-20-34-28(30)4-2/h3-16H,1-2H2. The Morgan fingerprint density at radius 1 is 0.529 bits per heavy atom. The van der Waals surface area contributed by atoms with Gasteiger partial charge >= 0.3 is 11.9 Å². The molecule has 3 rings (SSSR count). The van der Waals surface area contributed by atoms with Crippen molar-refractivity contribution in [3.8, 4) is 58.2 Å². The van der Waals surface area contributed by atoms with Gasteiger partial charge in [0, 0.05) is 12.2 Å². The SMILES string of the molecule is C=CC(=O)OC#COc1ccc(-c2ccc(-c3ccc(OC#COC(=O)C=C)cc3)cc2)cc1. The Kier molecular flexibility index (Phi) is 8.28. The maximum absolute atomic E-state index is 10.9. The van der Waals surface area contributed by atoms with Crippen molar-refractivity contribution >= 4 is 11.9 Å². The number of ether oxygens (including phenoxy) is 4. The Bertz CT molecular complexity index is 1190. The van der Waals surface area contributed by atoms with Gasteiger partial charge in [-0.2, -0.15) is 0 Å². The van der Waals surface area contributed by atoms with E-state index >= 15 is 0 Å². The van der Waals surface area contributed by atoms with Gasteiger partial charge in [0.05, 0.1) is 0 Å². The molecule has 0 spiro atoms. The number of hydrogen-bond acceptors (Lipinski definition) is 6. The molecule has 0 aliphatic rings. The van der Waals surface area contributed by atoms with E-state index in [1.54, 1.807) is 24.3 Å². The molecule has 0 unspecified atom stereocenters. The highest BCUT2D eigenvalue weighted by atomic mass is 16.5. The van der Waals surface area contributed by atoms with Crippen LogP contribution in [0.5, 0.6) is 11.5 Å². The predicted octanol–water partition coefficient (Wildman–Crippen LogP) is 5.07. The molecule has 166 valence electrons. The van der Waals surface area contributed by atoms with E-state index in [1.807, 2.05) is 48.5 Å². The molecule has 3 aromatic carbocycles. The molecule has 0 N–H and O–H groups in total. The second-order valence-corrected chi connectivity index (χ2v) is 6.49. The van der Waals surface area contributed by atoms with E-state index in [0.717, 1.165) is 34.4 Å². The molecule has 0 saturated heterocycles. The number of rotatable bonds is 6. The summed E-state index contributed by atoms with van der Waals surface area (Å²) in [6.45, 7) is 6.55. The van der Waals surface area contributed by atoms with E-state index in [2.05, 4.69) is 47.1 Å². The molecule has 0 bridgehead atoms. The van der Waals surface area contributed by atoms with E-state index in [4.69, 9.17) is 9.47 Å². The van der Waals surface area contributed by atoms with Crippen molar-refractivity contribution in [1.29, 1.82) is 0 Å². The third-order valence-corrected chi connectivity index (χ3v) is 4.32. The van der Waals surface area contributed by atoms with Crippen molar-refractivity contribution in [2.45, 2.75) is 0 Å². The Balaban J connectivity index is 1.59. The van der Waals surface area contributed by atoms with Crippen molar-refractivity contribution < 1.29 is 28.5 Å². The number of esters is 2. The summed E-state index contributed by atoms with van der Waals surface area (Å²) in [6, 6.07) is 22.8. The van der Waals surface area contributed by atoms with Crippen LogP contribution in [0.3, 0.4) is 0 Å². The molecule has 0 atom stereocenters. The van der Waals surface area contributed by atoms with Gasteiger partial charge in [0.1, 0.15) is 11.5 Å². The maximum atomic E-state index is 10.9. The van der Waals surface area contributed by atoms with Gasteiger partial charge in [-0.05, 0) is 46.5 Å². The molecule has 0 fully saturated rings. The lowest BCUT2D eigenvalue weighted by Crippen LogP contribution is -1.93. The number of carbonyl (C=O) groups excluding carboxylic acids is 2. The van der Waals surface area contributed by atoms with Crippen LogP contribution < -0.4 is 9.47 Å². The van der Waals surface area contributed by atoms with Crippen LogP contribution in [0.4, 0.5) is 0 Å². The summed E-state index contributed by atoms with van der Waals surface area (Å²) in [7, 11) is 0. The summed E-state index contributed by atoms with van der Waals surface area (Å²) < 4.78 is 19.5.